The van der Waals surface area contributed by atoms with Crippen LogP contribution < -0.4 is 15.1 Å². The second-order valence-electron chi connectivity index (χ2n) is 9.07. The molecular formula is C26H28ClN3O7S. The number of halogens is 1. The van der Waals surface area contributed by atoms with Crippen LogP contribution in [0.3, 0.4) is 0 Å². The first kappa shape index (κ1) is 27.5. The lowest BCUT2D eigenvalue weighted by molar-refractivity contribution is -0.132. The molecule has 1 saturated heterocycles. The van der Waals surface area contributed by atoms with Gasteiger partial charge in [0.1, 0.15) is 11.3 Å². The summed E-state index contributed by atoms with van der Waals surface area (Å²) in [5.41, 5.74) is 1.42. The Kier molecular flexibility index (Phi) is 7.98. The van der Waals surface area contributed by atoms with Crippen LogP contribution in [-0.4, -0.2) is 69.6 Å². The molecule has 38 heavy (non-hydrogen) atoms. The summed E-state index contributed by atoms with van der Waals surface area (Å²) >= 11 is 6.24. The Morgan fingerprint density at radius 2 is 1.76 bits per heavy atom. The number of sulfonamides is 1. The minimum absolute atomic E-state index is 0.107. The predicted octanol–water partition coefficient (Wildman–Crippen LogP) is 3.05. The van der Waals surface area contributed by atoms with Gasteiger partial charge in [0.05, 0.1) is 29.6 Å². The third kappa shape index (κ3) is 5.94. The summed E-state index contributed by atoms with van der Waals surface area (Å²) < 4.78 is 36.4. The molecule has 2 aromatic carbocycles. The zero-order chi connectivity index (χ0) is 27.6. The van der Waals surface area contributed by atoms with Crippen molar-refractivity contribution in [2.24, 2.45) is 0 Å². The number of carbonyl (C=O) groups is 2. The first-order chi connectivity index (χ1) is 18.0. The van der Waals surface area contributed by atoms with E-state index in [0.717, 1.165) is 6.26 Å². The van der Waals surface area contributed by atoms with Crippen molar-refractivity contribution >= 4 is 50.1 Å². The number of hydrogen-bond donors (Lipinski definition) is 1. The zero-order valence-electron chi connectivity index (χ0n) is 21.2. The van der Waals surface area contributed by atoms with Crippen molar-refractivity contribution in [2.45, 2.75) is 19.8 Å². The Morgan fingerprint density at radius 1 is 1.11 bits per heavy atom. The van der Waals surface area contributed by atoms with E-state index in [2.05, 4.69) is 4.72 Å². The Hall–Kier alpha value is -3.57. The van der Waals surface area contributed by atoms with Crippen molar-refractivity contribution < 1.29 is 27.2 Å². The molecule has 1 fully saturated rings. The van der Waals surface area contributed by atoms with E-state index in [1.54, 1.807) is 47.1 Å². The third-order valence-corrected chi connectivity index (χ3v) is 7.41. The SMILES string of the molecule is COc1cc2oc(=O)c(CCC(=O)N3CCN(C(=O)c4ccccc4NS(C)(=O)=O)CC3)c(C)c2cc1Cl. The van der Waals surface area contributed by atoms with Gasteiger partial charge < -0.3 is 19.0 Å². The summed E-state index contributed by atoms with van der Waals surface area (Å²) in [4.78, 5) is 41.9. The second kappa shape index (κ2) is 11.0. The fourth-order valence-corrected chi connectivity index (χ4v) is 5.33. The number of para-hydroxylation sites is 1. The molecule has 0 bridgehead atoms. The van der Waals surface area contributed by atoms with Gasteiger partial charge in [0.25, 0.3) is 5.91 Å². The number of piperazine rings is 1. The topological polar surface area (TPSA) is 126 Å². The highest BCUT2D eigenvalue weighted by atomic mass is 35.5. The highest BCUT2D eigenvalue weighted by Gasteiger charge is 2.27. The quantitative estimate of drug-likeness (QED) is 0.439. The molecule has 0 radical (unpaired) electrons. The first-order valence-corrected chi connectivity index (χ1v) is 14.2. The molecule has 0 saturated carbocycles. The highest BCUT2D eigenvalue weighted by Crippen LogP contribution is 2.31. The molecular weight excluding hydrogens is 534 g/mol. The first-order valence-electron chi connectivity index (χ1n) is 11.9. The lowest BCUT2D eigenvalue weighted by Crippen LogP contribution is -2.50. The van der Waals surface area contributed by atoms with Gasteiger partial charge in [-0.3, -0.25) is 14.3 Å². The van der Waals surface area contributed by atoms with Gasteiger partial charge >= 0.3 is 5.63 Å². The third-order valence-electron chi connectivity index (χ3n) is 6.52. The molecule has 2 heterocycles. The summed E-state index contributed by atoms with van der Waals surface area (Å²) in [6.45, 7) is 3.05. The molecule has 3 aromatic rings. The van der Waals surface area contributed by atoms with Gasteiger partial charge in [0.15, 0.2) is 0 Å². The Labute approximate surface area is 225 Å². The standard InChI is InChI=1S/C26H28ClN3O7S/c1-16-17(26(33)37-22-15-23(36-2)20(27)14-19(16)22)8-9-24(31)29-10-12-30(13-11-29)25(32)18-6-4-5-7-21(18)28-38(3,34)35/h4-7,14-15,28H,8-13H2,1-3H3. The molecule has 1 aromatic heterocycles. The molecule has 0 spiro atoms. The number of carbonyl (C=O) groups excluding carboxylic acids is 2. The van der Waals surface area contributed by atoms with Crippen molar-refractivity contribution in [1.82, 2.24) is 9.80 Å². The largest absolute Gasteiger partial charge is 0.495 e. The van der Waals surface area contributed by atoms with Crippen LogP contribution in [0.4, 0.5) is 5.69 Å². The number of benzene rings is 2. The van der Waals surface area contributed by atoms with Crippen LogP contribution in [0, 0.1) is 6.92 Å². The molecule has 1 aliphatic rings. The van der Waals surface area contributed by atoms with Gasteiger partial charge in [-0.1, -0.05) is 23.7 Å². The molecule has 0 unspecified atom stereocenters. The maximum atomic E-state index is 13.1. The van der Waals surface area contributed by atoms with E-state index in [1.165, 1.54) is 13.2 Å². The van der Waals surface area contributed by atoms with E-state index in [1.807, 2.05) is 0 Å². The molecule has 1 aliphatic heterocycles. The Balaban J connectivity index is 1.40. The van der Waals surface area contributed by atoms with Gasteiger partial charge in [0, 0.05) is 49.6 Å². The average Bonchev–Trinajstić information content (AvgIpc) is 2.87. The van der Waals surface area contributed by atoms with E-state index in [4.69, 9.17) is 20.8 Å². The van der Waals surface area contributed by atoms with Gasteiger partial charge in [0.2, 0.25) is 15.9 Å². The summed E-state index contributed by atoms with van der Waals surface area (Å²) in [5.74, 6) is -0.0520. The highest BCUT2D eigenvalue weighted by molar-refractivity contribution is 7.92. The number of aryl methyl sites for hydroxylation is 1. The van der Waals surface area contributed by atoms with Crippen LogP contribution in [0.5, 0.6) is 5.75 Å². The number of rotatable bonds is 7. The molecule has 0 atom stereocenters. The number of methoxy groups -OCH3 is 1. The maximum Gasteiger partial charge on any atom is 0.339 e. The van der Waals surface area contributed by atoms with E-state index in [-0.39, 0.29) is 35.9 Å². The molecule has 12 heteroatoms. The van der Waals surface area contributed by atoms with E-state index >= 15 is 0 Å². The van der Waals surface area contributed by atoms with E-state index in [9.17, 15) is 22.8 Å². The number of nitrogens with zero attached hydrogens (tertiary/aromatic N) is 2. The minimum atomic E-state index is -3.55. The number of nitrogens with one attached hydrogen (secondary N) is 1. The number of anilines is 1. The predicted molar refractivity (Wildman–Crippen MR) is 144 cm³/mol. The van der Waals surface area contributed by atoms with Crippen LogP contribution in [0.25, 0.3) is 11.0 Å². The number of hydrogen-bond acceptors (Lipinski definition) is 7. The Morgan fingerprint density at radius 3 is 2.42 bits per heavy atom. The van der Waals surface area contributed by atoms with Crippen molar-refractivity contribution in [1.29, 1.82) is 0 Å². The summed E-state index contributed by atoms with van der Waals surface area (Å²) in [7, 11) is -2.08. The van der Waals surface area contributed by atoms with Gasteiger partial charge in [-0.25, -0.2) is 13.2 Å². The number of ether oxygens (including phenoxy) is 1. The molecule has 10 nitrogen and oxygen atoms in total. The smallest absolute Gasteiger partial charge is 0.339 e. The minimum Gasteiger partial charge on any atom is -0.495 e. The van der Waals surface area contributed by atoms with Crippen LogP contribution in [0.2, 0.25) is 5.02 Å². The summed E-state index contributed by atoms with van der Waals surface area (Å²) in [6, 6.07) is 9.65. The fourth-order valence-electron chi connectivity index (χ4n) is 4.51. The van der Waals surface area contributed by atoms with Gasteiger partial charge in [-0.05, 0) is 37.1 Å². The number of amides is 2. The number of fused-ring (bicyclic) bond motifs is 1. The Bertz CT molecular complexity index is 1560. The molecule has 202 valence electrons. The molecule has 0 aliphatic carbocycles. The molecule has 4 rings (SSSR count). The van der Waals surface area contributed by atoms with E-state index in [0.29, 0.717) is 59.0 Å². The zero-order valence-corrected chi connectivity index (χ0v) is 22.8. The average molecular weight is 562 g/mol. The van der Waals surface area contributed by atoms with Gasteiger partial charge in [-0.2, -0.15) is 0 Å². The van der Waals surface area contributed by atoms with Crippen molar-refractivity contribution in [3.05, 3.63) is 68.5 Å². The lowest BCUT2D eigenvalue weighted by atomic mass is 10.0. The fraction of sp³-hybridized carbons (Fsp3) is 0.346. The van der Waals surface area contributed by atoms with Crippen LogP contribution in [0.1, 0.15) is 27.9 Å². The van der Waals surface area contributed by atoms with Crippen LogP contribution in [0.15, 0.2) is 45.6 Å². The second-order valence-corrected chi connectivity index (χ2v) is 11.2. The monoisotopic (exact) mass is 561 g/mol. The van der Waals surface area contributed by atoms with Crippen LogP contribution >= 0.6 is 11.6 Å². The lowest BCUT2D eigenvalue weighted by Gasteiger charge is -2.35. The van der Waals surface area contributed by atoms with E-state index < -0.39 is 15.6 Å². The van der Waals surface area contributed by atoms with Crippen molar-refractivity contribution in [3.63, 3.8) is 0 Å². The normalized spacial score (nSPS) is 14.0. The summed E-state index contributed by atoms with van der Waals surface area (Å²) in [5, 5.41) is 1.07. The van der Waals surface area contributed by atoms with Crippen molar-refractivity contribution in [2.75, 3.05) is 44.3 Å². The maximum absolute atomic E-state index is 13.1. The van der Waals surface area contributed by atoms with Crippen LogP contribution in [-0.2, 0) is 21.2 Å². The summed E-state index contributed by atoms with van der Waals surface area (Å²) in [6.07, 6.45) is 1.33. The van der Waals surface area contributed by atoms with Crippen molar-refractivity contribution in [3.8, 4) is 5.75 Å². The molecule has 1 N–H and O–H groups in total. The molecule has 2 amide bonds. The van der Waals surface area contributed by atoms with Gasteiger partial charge in [-0.15, -0.1) is 0 Å².